The predicted octanol–water partition coefficient (Wildman–Crippen LogP) is 2.61. The van der Waals surface area contributed by atoms with Crippen LogP contribution in [0.15, 0.2) is 12.3 Å². The quantitative estimate of drug-likeness (QED) is 0.759. The van der Waals surface area contributed by atoms with Crippen molar-refractivity contribution in [2.75, 3.05) is 12.4 Å². The standard InChI is InChI=1S/C13H23N3O2/c1-5-6-7-11(13(17)18-4)14-12-8-9-16(15-12)10(2)3/h8-11H,5-7H2,1-4H3,(H,14,15). The van der Waals surface area contributed by atoms with Crippen molar-refractivity contribution >= 4 is 11.8 Å². The Morgan fingerprint density at radius 3 is 2.78 bits per heavy atom. The second-order valence-electron chi connectivity index (χ2n) is 4.64. The van der Waals surface area contributed by atoms with Crippen LogP contribution < -0.4 is 5.32 Å². The van der Waals surface area contributed by atoms with E-state index in [0.717, 1.165) is 25.1 Å². The zero-order chi connectivity index (χ0) is 13.5. The van der Waals surface area contributed by atoms with Crippen LogP contribution in [0.5, 0.6) is 0 Å². The molecule has 0 aliphatic heterocycles. The van der Waals surface area contributed by atoms with Crippen LogP contribution in [0.1, 0.15) is 46.1 Å². The smallest absolute Gasteiger partial charge is 0.328 e. The van der Waals surface area contributed by atoms with Crippen LogP contribution in [0.3, 0.4) is 0 Å². The number of hydrogen-bond donors (Lipinski definition) is 1. The molecule has 1 aromatic rings. The molecule has 1 unspecified atom stereocenters. The van der Waals surface area contributed by atoms with Gasteiger partial charge in [-0.25, -0.2) is 4.79 Å². The van der Waals surface area contributed by atoms with Crippen LogP contribution in [0.2, 0.25) is 0 Å². The van der Waals surface area contributed by atoms with Crippen molar-refractivity contribution in [3.63, 3.8) is 0 Å². The topological polar surface area (TPSA) is 56.2 Å². The molecule has 1 aromatic heterocycles. The number of nitrogens with one attached hydrogen (secondary N) is 1. The number of carbonyl (C=O) groups excluding carboxylic acids is 1. The van der Waals surface area contributed by atoms with E-state index in [1.165, 1.54) is 7.11 Å². The van der Waals surface area contributed by atoms with Gasteiger partial charge in [-0.3, -0.25) is 4.68 Å². The third-order valence-corrected chi connectivity index (χ3v) is 2.79. The fourth-order valence-electron chi connectivity index (χ4n) is 1.68. The van der Waals surface area contributed by atoms with Gasteiger partial charge in [0.1, 0.15) is 11.9 Å². The molecule has 1 heterocycles. The molecule has 0 saturated carbocycles. The number of nitrogens with zero attached hydrogens (tertiary/aromatic N) is 2. The molecule has 0 amide bonds. The maximum absolute atomic E-state index is 11.6. The van der Waals surface area contributed by atoms with Gasteiger partial charge in [0.25, 0.3) is 0 Å². The highest BCUT2D eigenvalue weighted by atomic mass is 16.5. The van der Waals surface area contributed by atoms with E-state index < -0.39 is 0 Å². The van der Waals surface area contributed by atoms with E-state index in [0.29, 0.717) is 6.04 Å². The molecule has 5 heteroatoms. The molecule has 5 nitrogen and oxygen atoms in total. The summed E-state index contributed by atoms with van der Waals surface area (Å²) < 4.78 is 6.66. The summed E-state index contributed by atoms with van der Waals surface area (Å²) in [6, 6.07) is 1.88. The number of rotatable bonds is 7. The normalized spacial score (nSPS) is 12.5. The highest BCUT2D eigenvalue weighted by Gasteiger charge is 2.19. The maximum Gasteiger partial charge on any atom is 0.328 e. The van der Waals surface area contributed by atoms with Crippen LogP contribution in [0, 0.1) is 0 Å². The first-order valence-corrected chi connectivity index (χ1v) is 6.48. The van der Waals surface area contributed by atoms with Gasteiger partial charge in [-0.05, 0) is 20.3 Å². The molecule has 0 radical (unpaired) electrons. The third kappa shape index (κ3) is 4.05. The lowest BCUT2D eigenvalue weighted by molar-refractivity contribution is -0.141. The predicted molar refractivity (Wildman–Crippen MR) is 71.6 cm³/mol. The van der Waals surface area contributed by atoms with Crippen molar-refractivity contribution in [1.29, 1.82) is 0 Å². The molecular formula is C13H23N3O2. The number of unbranched alkanes of at least 4 members (excludes halogenated alkanes) is 1. The van der Waals surface area contributed by atoms with Crippen LogP contribution in [0.4, 0.5) is 5.82 Å². The lowest BCUT2D eigenvalue weighted by Crippen LogP contribution is -2.30. The van der Waals surface area contributed by atoms with Crippen molar-refractivity contribution in [1.82, 2.24) is 9.78 Å². The molecule has 0 aliphatic carbocycles. The first kappa shape index (κ1) is 14.5. The fourth-order valence-corrected chi connectivity index (χ4v) is 1.68. The van der Waals surface area contributed by atoms with Gasteiger partial charge >= 0.3 is 5.97 Å². The van der Waals surface area contributed by atoms with Crippen LogP contribution in [0.25, 0.3) is 0 Å². The first-order chi connectivity index (χ1) is 8.58. The van der Waals surface area contributed by atoms with Gasteiger partial charge in [-0.1, -0.05) is 19.8 Å². The van der Waals surface area contributed by atoms with E-state index >= 15 is 0 Å². The van der Waals surface area contributed by atoms with E-state index in [4.69, 9.17) is 4.74 Å². The van der Waals surface area contributed by atoms with E-state index in [2.05, 4.69) is 31.2 Å². The van der Waals surface area contributed by atoms with Gasteiger partial charge < -0.3 is 10.1 Å². The largest absolute Gasteiger partial charge is 0.467 e. The third-order valence-electron chi connectivity index (χ3n) is 2.79. The number of hydrogen-bond acceptors (Lipinski definition) is 4. The lowest BCUT2D eigenvalue weighted by Gasteiger charge is -2.15. The second kappa shape index (κ2) is 7.03. The number of anilines is 1. The zero-order valence-corrected chi connectivity index (χ0v) is 11.6. The average Bonchev–Trinajstić information content (AvgIpc) is 2.82. The monoisotopic (exact) mass is 253 g/mol. The summed E-state index contributed by atoms with van der Waals surface area (Å²) in [6.45, 7) is 6.22. The molecule has 0 saturated heterocycles. The van der Waals surface area contributed by atoms with Crippen LogP contribution >= 0.6 is 0 Å². The van der Waals surface area contributed by atoms with E-state index in [-0.39, 0.29) is 12.0 Å². The van der Waals surface area contributed by atoms with E-state index in [9.17, 15) is 4.79 Å². The Labute approximate surface area is 109 Å². The van der Waals surface area contributed by atoms with Crippen LogP contribution in [-0.2, 0) is 9.53 Å². The SMILES string of the molecule is CCCCC(Nc1ccn(C(C)C)n1)C(=O)OC. The van der Waals surface area contributed by atoms with Gasteiger partial charge in [0.15, 0.2) is 0 Å². The highest BCUT2D eigenvalue weighted by Crippen LogP contribution is 2.12. The van der Waals surface area contributed by atoms with Crippen LogP contribution in [-0.4, -0.2) is 28.9 Å². The van der Waals surface area contributed by atoms with Crippen molar-refractivity contribution in [2.24, 2.45) is 0 Å². The number of ether oxygens (including phenoxy) is 1. The Hall–Kier alpha value is -1.52. The fraction of sp³-hybridized carbons (Fsp3) is 0.692. The number of carbonyl (C=O) groups is 1. The molecule has 0 spiro atoms. The summed E-state index contributed by atoms with van der Waals surface area (Å²) in [4.78, 5) is 11.6. The Bertz CT molecular complexity index is 374. The minimum Gasteiger partial charge on any atom is -0.467 e. The van der Waals surface area contributed by atoms with Gasteiger partial charge in [0.2, 0.25) is 0 Å². The minimum atomic E-state index is -0.314. The highest BCUT2D eigenvalue weighted by molar-refractivity contribution is 5.78. The lowest BCUT2D eigenvalue weighted by atomic mass is 10.1. The molecule has 0 aromatic carbocycles. The number of methoxy groups -OCH3 is 1. The molecule has 1 N–H and O–H groups in total. The summed E-state index contributed by atoms with van der Waals surface area (Å²) in [6.07, 6.45) is 4.70. The minimum absolute atomic E-state index is 0.234. The summed E-state index contributed by atoms with van der Waals surface area (Å²) in [5, 5.41) is 7.51. The Kier molecular flexibility index (Phi) is 5.68. The van der Waals surface area contributed by atoms with Gasteiger partial charge in [-0.2, -0.15) is 5.10 Å². The van der Waals surface area contributed by atoms with Crippen molar-refractivity contribution in [2.45, 2.75) is 52.1 Å². The Morgan fingerprint density at radius 1 is 1.56 bits per heavy atom. The Balaban J connectivity index is 2.66. The van der Waals surface area contributed by atoms with Crippen molar-refractivity contribution in [3.8, 4) is 0 Å². The summed E-state index contributed by atoms with van der Waals surface area (Å²) in [7, 11) is 1.41. The molecule has 0 aliphatic rings. The molecule has 1 rings (SSSR count). The Morgan fingerprint density at radius 2 is 2.28 bits per heavy atom. The molecule has 0 fully saturated rings. The molecule has 1 atom stereocenters. The van der Waals surface area contributed by atoms with E-state index in [1.54, 1.807) is 0 Å². The van der Waals surface area contributed by atoms with Gasteiger partial charge in [0.05, 0.1) is 7.11 Å². The second-order valence-corrected chi connectivity index (χ2v) is 4.64. The van der Waals surface area contributed by atoms with E-state index in [1.807, 2.05) is 16.9 Å². The molecular weight excluding hydrogens is 230 g/mol. The number of esters is 1. The summed E-state index contributed by atoms with van der Waals surface area (Å²) >= 11 is 0. The molecule has 102 valence electrons. The van der Waals surface area contributed by atoms with Crippen molar-refractivity contribution < 1.29 is 9.53 Å². The zero-order valence-electron chi connectivity index (χ0n) is 11.6. The average molecular weight is 253 g/mol. The molecule has 18 heavy (non-hydrogen) atoms. The number of aromatic nitrogens is 2. The van der Waals surface area contributed by atoms with Gasteiger partial charge in [-0.15, -0.1) is 0 Å². The van der Waals surface area contributed by atoms with Crippen molar-refractivity contribution in [3.05, 3.63) is 12.3 Å². The summed E-state index contributed by atoms with van der Waals surface area (Å²) in [5.74, 6) is 0.484. The van der Waals surface area contributed by atoms with Gasteiger partial charge in [0, 0.05) is 18.3 Å². The molecule has 0 bridgehead atoms. The summed E-state index contributed by atoms with van der Waals surface area (Å²) in [5.41, 5.74) is 0. The maximum atomic E-state index is 11.6. The first-order valence-electron chi connectivity index (χ1n) is 6.48.